The molecular formula is C32H40FN3O6S. The molecule has 2 amide bonds. The second-order valence-corrected chi connectivity index (χ2v) is 12.8. The molecule has 3 aromatic rings. The van der Waals surface area contributed by atoms with Crippen LogP contribution in [0.25, 0.3) is 0 Å². The van der Waals surface area contributed by atoms with Crippen molar-refractivity contribution >= 4 is 27.5 Å². The predicted molar refractivity (Wildman–Crippen MR) is 164 cm³/mol. The van der Waals surface area contributed by atoms with Crippen LogP contribution in [-0.4, -0.2) is 57.0 Å². The summed E-state index contributed by atoms with van der Waals surface area (Å²) in [5.41, 5.74) is 0.377. The van der Waals surface area contributed by atoms with Crippen molar-refractivity contribution in [2.24, 2.45) is 0 Å². The van der Waals surface area contributed by atoms with Gasteiger partial charge in [0.1, 0.15) is 29.9 Å². The molecule has 0 spiro atoms. The zero-order chi connectivity index (χ0) is 31.8. The maximum atomic E-state index is 14.2. The third-order valence-electron chi connectivity index (χ3n) is 6.51. The van der Waals surface area contributed by atoms with E-state index in [1.54, 1.807) is 50.4 Å². The molecular weight excluding hydrogens is 573 g/mol. The zero-order valence-corrected chi connectivity index (χ0v) is 26.3. The van der Waals surface area contributed by atoms with Gasteiger partial charge in [0, 0.05) is 12.1 Å². The maximum Gasteiger partial charge on any atom is 0.264 e. The third-order valence-corrected chi connectivity index (χ3v) is 8.30. The highest BCUT2D eigenvalue weighted by Gasteiger charge is 2.34. The summed E-state index contributed by atoms with van der Waals surface area (Å²) in [6.45, 7) is 9.01. The Morgan fingerprint density at radius 3 is 2.00 bits per heavy atom. The standard InChI is InChI=1S/C32H40FN3O6S/c1-7-29(31(38)34-32(3,4)5)35(21-23-9-15-26(41-6)16-10-23)30(37)22-36(25-13-17-27(18-14-25)42-8-2)43(39,40)28-19-11-24(33)12-20-28/h9-20,29H,7-8,21-22H2,1-6H3,(H,34,38). The topological polar surface area (TPSA) is 105 Å². The molecule has 3 aromatic carbocycles. The van der Waals surface area contributed by atoms with E-state index in [-0.39, 0.29) is 29.5 Å². The summed E-state index contributed by atoms with van der Waals surface area (Å²) in [6, 6.07) is 16.9. The predicted octanol–water partition coefficient (Wildman–Crippen LogP) is 5.15. The van der Waals surface area contributed by atoms with Gasteiger partial charge in [0.2, 0.25) is 11.8 Å². The van der Waals surface area contributed by atoms with Crippen molar-refractivity contribution in [2.75, 3.05) is 24.6 Å². The first kappa shape index (κ1) is 33.4. The molecule has 0 radical (unpaired) electrons. The second-order valence-electron chi connectivity index (χ2n) is 10.9. The van der Waals surface area contributed by atoms with E-state index in [4.69, 9.17) is 9.47 Å². The smallest absolute Gasteiger partial charge is 0.264 e. The average Bonchev–Trinajstić information content (AvgIpc) is 2.96. The van der Waals surface area contributed by atoms with Crippen molar-refractivity contribution in [2.45, 2.75) is 64.1 Å². The van der Waals surface area contributed by atoms with Crippen LogP contribution >= 0.6 is 0 Å². The van der Waals surface area contributed by atoms with Gasteiger partial charge in [0.15, 0.2) is 0 Å². The van der Waals surface area contributed by atoms with Crippen LogP contribution in [-0.2, 0) is 26.2 Å². The summed E-state index contributed by atoms with van der Waals surface area (Å²) in [4.78, 5) is 28.8. The Balaban J connectivity index is 2.07. The van der Waals surface area contributed by atoms with Gasteiger partial charge < -0.3 is 19.7 Å². The largest absolute Gasteiger partial charge is 0.497 e. The number of rotatable bonds is 13. The first-order chi connectivity index (χ1) is 20.3. The Morgan fingerprint density at radius 2 is 1.49 bits per heavy atom. The number of halogens is 1. The van der Waals surface area contributed by atoms with Crippen molar-refractivity contribution in [3.05, 3.63) is 84.2 Å². The number of amides is 2. The molecule has 0 saturated carbocycles. The van der Waals surface area contributed by atoms with E-state index >= 15 is 0 Å². The molecule has 43 heavy (non-hydrogen) atoms. The minimum absolute atomic E-state index is 0.0482. The highest BCUT2D eigenvalue weighted by atomic mass is 32.2. The minimum atomic E-state index is -4.33. The summed E-state index contributed by atoms with van der Waals surface area (Å²) < 4.78 is 53.2. The number of sulfonamides is 1. The fraction of sp³-hybridized carbons (Fsp3) is 0.375. The van der Waals surface area contributed by atoms with Crippen LogP contribution < -0.4 is 19.1 Å². The van der Waals surface area contributed by atoms with Crippen LogP contribution in [0.5, 0.6) is 11.5 Å². The number of methoxy groups -OCH3 is 1. The molecule has 0 fully saturated rings. The molecule has 1 unspecified atom stereocenters. The number of carbonyl (C=O) groups is 2. The summed E-state index contributed by atoms with van der Waals surface area (Å²) in [5.74, 6) is -0.380. The molecule has 0 aromatic heterocycles. The van der Waals surface area contributed by atoms with Crippen LogP contribution in [0.2, 0.25) is 0 Å². The van der Waals surface area contributed by atoms with Crippen molar-refractivity contribution in [3.8, 4) is 11.5 Å². The normalized spacial score (nSPS) is 12.3. The first-order valence-corrected chi connectivity index (χ1v) is 15.5. The zero-order valence-electron chi connectivity index (χ0n) is 25.5. The van der Waals surface area contributed by atoms with Gasteiger partial charge in [-0.25, -0.2) is 12.8 Å². The lowest BCUT2D eigenvalue weighted by molar-refractivity contribution is -0.141. The number of ether oxygens (including phenoxy) is 2. The molecule has 0 aliphatic rings. The number of nitrogens with one attached hydrogen (secondary N) is 1. The van der Waals surface area contributed by atoms with E-state index < -0.39 is 39.9 Å². The van der Waals surface area contributed by atoms with Crippen LogP contribution in [0.1, 0.15) is 46.6 Å². The highest BCUT2D eigenvalue weighted by molar-refractivity contribution is 7.92. The number of anilines is 1. The van der Waals surface area contributed by atoms with Gasteiger partial charge in [-0.2, -0.15) is 0 Å². The lowest BCUT2D eigenvalue weighted by atomic mass is 10.1. The number of nitrogens with zero attached hydrogens (tertiary/aromatic N) is 2. The molecule has 1 atom stereocenters. The Kier molecular flexibility index (Phi) is 11.2. The van der Waals surface area contributed by atoms with Gasteiger partial charge in [0.05, 0.1) is 24.3 Å². The van der Waals surface area contributed by atoms with Crippen molar-refractivity contribution in [3.63, 3.8) is 0 Å². The number of hydrogen-bond donors (Lipinski definition) is 1. The fourth-order valence-electron chi connectivity index (χ4n) is 4.44. The molecule has 0 aliphatic heterocycles. The van der Waals surface area contributed by atoms with Gasteiger partial charge in [-0.05, 0) is 100 Å². The van der Waals surface area contributed by atoms with E-state index in [1.165, 1.54) is 17.0 Å². The summed E-state index contributed by atoms with van der Waals surface area (Å²) in [6.07, 6.45) is 0.289. The number of carbonyl (C=O) groups excluding carboxylic acids is 2. The summed E-state index contributed by atoms with van der Waals surface area (Å²) >= 11 is 0. The van der Waals surface area contributed by atoms with Crippen LogP contribution in [0.4, 0.5) is 10.1 Å². The van der Waals surface area contributed by atoms with E-state index in [0.717, 1.165) is 34.1 Å². The Bertz CT molecular complexity index is 1470. The van der Waals surface area contributed by atoms with Crippen LogP contribution in [0.15, 0.2) is 77.7 Å². The maximum absolute atomic E-state index is 14.2. The Hall–Kier alpha value is -4.12. The van der Waals surface area contributed by atoms with E-state index in [2.05, 4.69) is 5.32 Å². The lowest BCUT2D eigenvalue weighted by Crippen LogP contribution is -2.55. The molecule has 0 bridgehead atoms. The molecule has 11 heteroatoms. The molecule has 0 aliphatic carbocycles. The molecule has 232 valence electrons. The summed E-state index contributed by atoms with van der Waals surface area (Å²) in [7, 11) is -2.78. The van der Waals surface area contributed by atoms with Crippen LogP contribution in [0.3, 0.4) is 0 Å². The highest BCUT2D eigenvalue weighted by Crippen LogP contribution is 2.27. The van der Waals surface area contributed by atoms with Crippen molar-refractivity contribution in [1.29, 1.82) is 0 Å². The monoisotopic (exact) mass is 613 g/mol. The lowest BCUT2D eigenvalue weighted by Gasteiger charge is -2.34. The van der Waals surface area contributed by atoms with E-state index in [1.807, 2.05) is 27.7 Å². The Morgan fingerprint density at radius 1 is 0.907 bits per heavy atom. The molecule has 0 heterocycles. The fourth-order valence-corrected chi connectivity index (χ4v) is 5.85. The SMILES string of the molecule is CCOc1ccc(N(CC(=O)N(Cc2ccc(OC)cc2)C(CC)C(=O)NC(C)(C)C)S(=O)(=O)c2ccc(F)cc2)cc1. The Labute approximate surface area is 253 Å². The minimum Gasteiger partial charge on any atom is -0.497 e. The quantitative estimate of drug-likeness (QED) is 0.286. The van der Waals surface area contributed by atoms with Crippen LogP contribution in [0, 0.1) is 5.82 Å². The van der Waals surface area contributed by atoms with Gasteiger partial charge >= 0.3 is 0 Å². The molecule has 1 N–H and O–H groups in total. The van der Waals surface area contributed by atoms with Gasteiger partial charge in [0.25, 0.3) is 10.0 Å². The first-order valence-electron chi connectivity index (χ1n) is 14.0. The van der Waals surface area contributed by atoms with E-state index in [9.17, 15) is 22.4 Å². The van der Waals surface area contributed by atoms with Gasteiger partial charge in [-0.15, -0.1) is 0 Å². The molecule has 3 rings (SSSR count). The summed E-state index contributed by atoms with van der Waals surface area (Å²) in [5, 5.41) is 2.94. The van der Waals surface area contributed by atoms with Gasteiger partial charge in [-0.3, -0.25) is 13.9 Å². The van der Waals surface area contributed by atoms with E-state index in [0.29, 0.717) is 18.1 Å². The average molecular weight is 614 g/mol. The van der Waals surface area contributed by atoms with Crippen molar-refractivity contribution < 1.29 is 31.9 Å². The van der Waals surface area contributed by atoms with Gasteiger partial charge in [-0.1, -0.05) is 19.1 Å². The number of hydrogen-bond acceptors (Lipinski definition) is 6. The molecule has 9 nitrogen and oxygen atoms in total. The second kappa shape index (κ2) is 14.4. The number of benzene rings is 3. The van der Waals surface area contributed by atoms with Crippen molar-refractivity contribution in [1.82, 2.24) is 10.2 Å². The molecule has 0 saturated heterocycles. The third kappa shape index (κ3) is 8.93.